The second-order valence-corrected chi connectivity index (χ2v) is 8.56. The summed E-state index contributed by atoms with van der Waals surface area (Å²) in [4.78, 5) is 16.5. The van der Waals surface area contributed by atoms with Gasteiger partial charge in [0.2, 0.25) is 0 Å². The van der Waals surface area contributed by atoms with Gasteiger partial charge >= 0.3 is 0 Å². The quantitative estimate of drug-likeness (QED) is 0.440. The summed E-state index contributed by atoms with van der Waals surface area (Å²) in [5.41, 5.74) is 5.49. The zero-order valence-corrected chi connectivity index (χ0v) is 17.5. The fourth-order valence-electron chi connectivity index (χ4n) is 3.29. The molecule has 2 heterocycles. The van der Waals surface area contributed by atoms with Crippen LogP contribution < -0.4 is 5.56 Å². The number of hydrogen-bond donors (Lipinski definition) is 1. The summed E-state index contributed by atoms with van der Waals surface area (Å²) in [6.07, 6.45) is 0. The van der Waals surface area contributed by atoms with Crippen molar-refractivity contribution in [3.8, 4) is 11.4 Å². The molecule has 4 nitrogen and oxygen atoms in total. The minimum Gasteiger partial charge on any atom is -0.316 e. The predicted octanol–water partition coefficient (Wildman–Crippen LogP) is 5.56. The van der Waals surface area contributed by atoms with Gasteiger partial charge < -0.3 is 4.98 Å². The number of aryl methyl sites for hydroxylation is 3. The van der Waals surface area contributed by atoms with Crippen LogP contribution in [-0.2, 0) is 0 Å². The first-order valence-electron chi connectivity index (χ1n) is 8.43. The average molecular weight is 412 g/mol. The van der Waals surface area contributed by atoms with Gasteiger partial charge in [0.05, 0.1) is 11.4 Å². The Morgan fingerprint density at radius 3 is 2.33 bits per heavy atom. The molecular formula is C20H17N3OS3. The van der Waals surface area contributed by atoms with Crippen LogP contribution in [-0.4, -0.2) is 14.1 Å². The van der Waals surface area contributed by atoms with Crippen molar-refractivity contribution in [2.45, 2.75) is 20.8 Å². The molecule has 0 bridgehead atoms. The van der Waals surface area contributed by atoms with Crippen molar-refractivity contribution in [2.75, 3.05) is 0 Å². The van der Waals surface area contributed by atoms with Crippen molar-refractivity contribution in [3.05, 3.63) is 78.2 Å². The van der Waals surface area contributed by atoms with Crippen molar-refractivity contribution in [1.29, 1.82) is 0 Å². The van der Waals surface area contributed by atoms with Crippen LogP contribution in [0.2, 0.25) is 0 Å². The molecule has 7 heteroatoms. The maximum atomic E-state index is 13.3. The zero-order chi connectivity index (χ0) is 19.3. The van der Waals surface area contributed by atoms with Gasteiger partial charge in [0.25, 0.3) is 5.56 Å². The monoisotopic (exact) mass is 411 g/mol. The summed E-state index contributed by atoms with van der Waals surface area (Å²) >= 11 is 12.4. The van der Waals surface area contributed by atoms with Gasteiger partial charge in [0, 0.05) is 0 Å². The Labute approximate surface area is 170 Å². The van der Waals surface area contributed by atoms with E-state index < -0.39 is 0 Å². The van der Waals surface area contributed by atoms with E-state index >= 15 is 0 Å². The highest BCUT2D eigenvalue weighted by atomic mass is 32.1. The Bertz CT molecular complexity index is 1370. The molecule has 0 amide bonds. The summed E-state index contributed by atoms with van der Waals surface area (Å²) in [5.74, 6) is 0. The van der Waals surface area contributed by atoms with Crippen molar-refractivity contribution in [2.24, 2.45) is 0 Å². The van der Waals surface area contributed by atoms with E-state index in [1.807, 2.05) is 54.8 Å². The minimum absolute atomic E-state index is 0.150. The molecule has 0 fully saturated rings. The standard InChI is InChI=1S/C20H17N3OS3/c1-11-8-9-15(13(3)10-11)22-17-16(27-20(22)26)18(24)23(19(25)21-17)14-7-5-4-6-12(14)2/h4-10H,1-3H3,(H,21,25). The molecule has 0 aliphatic heterocycles. The summed E-state index contributed by atoms with van der Waals surface area (Å²) in [6, 6.07) is 13.9. The van der Waals surface area contributed by atoms with Gasteiger partial charge in [0.15, 0.2) is 8.73 Å². The highest BCUT2D eigenvalue weighted by Crippen LogP contribution is 2.26. The number of thiazole rings is 1. The molecule has 4 rings (SSSR count). The lowest BCUT2D eigenvalue weighted by Gasteiger charge is -2.12. The molecule has 0 saturated heterocycles. The Morgan fingerprint density at radius 2 is 1.63 bits per heavy atom. The summed E-state index contributed by atoms with van der Waals surface area (Å²) in [5, 5.41) is 0. The Hall–Kier alpha value is -2.35. The lowest BCUT2D eigenvalue weighted by atomic mass is 10.1. The summed E-state index contributed by atoms with van der Waals surface area (Å²) in [7, 11) is 0. The molecule has 0 unspecified atom stereocenters. The van der Waals surface area contributed by atoms with E-state index in [1.165, 1.54) is 16.9 Å². The molecule has 136 valence electrons. The van der Waals surface area contributed by atoms with Gasteiger partial charge in [-0.05, 0) is 68.5 Å². The second-order valence-electron chi connectivity index (χ2n) is 6.53. The highest BCUT2D eigenvalue weighted by Gasteiger charge is 2.16. The fraction of sp³-hybridized carbons (Fsp3) is 0.150. The SMILES string of the molecule is Cc1ccc(-n2c(=S)sc3c(=O)n(-c4ccccc4C)c(=S)[nH]c32)c(C)c1. The molecule has 0 aliphatic rings. The maximum Gasteiger partial charge on any atom is 0.278 e. The number of para-hydroxylation sites is 1. The van der Waals surface area contributed by atoms with E-state index in [0.717, 1.165) is 22.5 Å². The third kappa shape index (κ3) is 2.92. The first kappa shape index (κ1) is 18.0. The number of nitrogens with zero attached hydrogens (tertiary/aromatic N) is 2. The molecule has 2 aromatic heterocycles. The summed E-state index contributed by atoms with van der Waals surface area (Å²) in [6.45, 7) is 6.05. The van der Waals surface area contributed by atoms with Gasteiger partial charge in [-0.3, -0.25) is 13.9 Å². The van der Waals surface area contributed by atoms with Crippen molar-refractivity contribution in [1.82, 2.24) is 14.1 Å². The molecule has 1 N–H and O–H groups in total. The molecule has 0 aliphatic carbocycles. The van der Waals surface area contributed by atoms with Gasteiger partial charge in [0.1, 0.15) is 10.3 Å². The van der Waals surface area contributed by atoms with Crippen LogP contribution in [0.4, 0.5) is 0 Å². The molecule has 0 spiro atoms. The number of nitrogens with one attached hydrogen (secondary N) is 1. The highest BCUT2D eigenvalue weighted by molar-refractivity contribution is 7.73. The van der Waals surface area contributed by atoms with Gasteiger partial charge in [-0.25, -0.2) is 0 Å². The van der Waals surface area contributed by atoms with Gasteiger partial charge in [-0.2, -0.15) is 0 Å². The molecule has 0 radical (unpaired) electrons. The van der Waals surface area contributed by atoms with E-state index in [-0.39, 0.29) is 5.56 Å². The molecular weight excluding hydrogens is 394 g/mol. The number of H-pyrrole nitrogens is 1. The number of benzene rings is 2. The average Bonchev–Trinajstić information content (AvgIpc) is 2.93. The van der Waals surface area contributed by atoms with Crippen LogP contribution in [0.3, 0.4) is 0 Å². The third-order valence-corrected chi connectivity index (χ3v) is 6.23. The number of aromatic amines is 1. The predicted molar refractivity (Wildman–Crippen MR) is 117 cm³/mol. The maximum absolute atomic E-state index is 13.3. The second kappa shape index (κ2) is 6.67. The van der Waals surface area contributed by atoms with Crippen LogP contribution in [0.25, 0.3) is 21.7 Å². The van der Waals surface area contributed by atoms with Crippen LogP contribution in [0.1, 0.15) is 16.7 Å². The Balaban J connectivity index is 2.09. The number of aromatic nitrogens is 3. The number of rotatable bonds is 2. The minimum atomic E-state index is -0.150. The van der Waals surface area contributed by atoms with Crippen LogP contribution in [0.15, 0.2) is 47.3 Å². The van der Waals surface area contributed by atoms with Gasteiger partial charge in [-0.15, -0.1) is 0 Å². The first-order valence-corrected chi connectivity index (χ1v) is 10.1. The Morgan fingerprint density at radius 1 is 0.926 bits per heavy atom. The van der Waals surface area contributed by atoms with E-state index in [4.69, 9.17) is 24.4 Å². The van der Waals surface area contributed by atoms with Crippen LogP contribution in [0.5, 0.6) is 0 Å². The first-order chi connectivity index (χ1) is 12.9. The number of fused-ring (bicyclic) bond motifs is 1. The lowest BCUT2D eigenvalue weighted by molar-refractivity contribution is 0.918. The zero-order valence-electron chi connectivity index (χ0n) is 15.1. The van der Waals surface area contributed by atoms with Crippen molar-refractivity contribution >= 4 is 46.1 Å². The van der Waals surface area contributed by atoms with E-state index in [1.54, 1.807) is 4.57 Å². The lowest BCUT2D eigenvalue weighted by Crippen LogP contribution is -2.21. The van der Waals surface area contributed by atoms with Crippen LogP contribution in [0, 0.1) is 29.5 Å². The van der Waals surface area contributed by atoms with E-state index in [9.17, 15) is 4.79 Å². The number of hydrogen-bond acceptors (Lipinski definition) is 4. The Kier molecular flexibility index (Phi) is 4.46. The summed E-state index contributed by atoms with van der Waals surface area (Å²) < 4.78 is 4.99. The van der Waals surface area contributed by atoms with Crippen molar-refractivity contribution < 1.29 is 0 Å². The third-order valence-electron chi connectivity index (χ3n) is 4.59. The largest absolute Gasteiger partial charge is 0.316 e. The smallest absolute Gasteiger partial charge is 0.278 e. The van der Waals surface area contributed by atoms with Gasteiger partial charge in [-0.1, -0.05) is 47.2 Å². The van der Waals surface area contributed by atoms with E-state index in [0.29, 0.717) is 19.1 Å². The normalized spacial score (nSPS) is 11.2. The van der Waals surface area contributed by atoms with E-state index in [2.05, 4.69) is 18.0 Å². The fourth-order valence-corrected chi connectivity index (χ4v) is 4.88. The van der Waals surface area contributed by atoms with Crippen LogP contribution >= 0.6 is 35.8 Å². The molecule has 2 aromatic carbocycles. The topological polar surface area (TPSA) is 42.7 Å². The molecule has 0 saturated carbocycles. The van der Waals surface area contributed by atoms with Crippen molar-refractivity contribution in [3.63, 3.8) is 0 Å². The molecule has 27 heavy (non-hydrogen) atoms. The molecule has 4 aromatic rings. The molecule has 0 atom stereocenters.